The fourth-order valence-electron chi connectivity index (χ4n) is 1.48. The van der Waals surface area contributed by atoms with E-state index < -0.39 is 11.6 Å². The van der Waals surface area contributed by atoms with Gasteiger partial charge in [0.1, 0.15) is 18.8 Å². The van der Waals surface area contributed by atoms with Crippen LogP contribution in [0.25, 0.3) is 0 Å². The first-order valence-electron chi connectivity index (χ1n) is 6.86. The number of hydrogen-bond donors (Lipinski definition) is 0. The zero-order chi connectivity index (χ0) is 15.7. The van der Waals surface area contributed by atoms with Crippen LogP contribution in [0.5, 0.6) is 0 Å². The fourth-order valence-corrected chi connectivity index (χ4v) is 1.48. The van der Waals surface area contributed by atoms with Gasteiger partial charge in [0.25, 0.3) is 0 Å². The van der Waals surface area contributed by atoms with Gasteiger partial charge in [0.05, 0.1) is 13.0 Å². The highest BCUT2D eigenvalue weighted by Crippen LogP contribution is 2.08. The van der Waals surface area contributed by atoms with Gasteiger partial charge in [0, 0.05) is 0 Å². The molecule has 0 atom stereocenters. The number of ether oxygens (including phenoxy) is 3. The van der Waals surface area contributed by atoms with Crippen molar-refractivity contribution in [2.45, 2.75) is 39.4 Å². The molecule has 0 aliphatic rings. The minimum absolute atomic E-state index is 0.114. The van der Waals surface area contributed by atoms with E-state index in [0.29, 0.717) is 0 Å². The van der Waals surface area contributed by atoms with Crippen molar-refractivity contribution in [3.8, 4) is 0 Å². The van der Waals surface area contributed by atoms with E-state index in [-0.39, 0.29) is 32.2 Å². The Bertz CT molecular complexity index is 447. The molecule has 0 aliphatic carbocycles. The quantitative estimate of drug-likeness (QED) is 0.571. The third kappa shape index (κ3) is 8.81. The molecule has 21 heavy (non-hydrogen) atoms. The molecule has 5 heteroatoms. The summed E-state index contributed by atoms with van der Waals surface area (Å²) < 4.78 is 15.2. The molecule has 0 radical (unpaired) electrons. The number of benzene rings is 1. The Morgan fingerprint density at radius 1 is 1.05 bits per heavy atom. The number of esters is 2. The minimum atomic E-state index is -0.508. The first-order valence-corrected chi connectivity index (χ1v) is 6.86. The molecule has 0 unspecified atom stereocenters. The van der Waals surface area contributed by atoms with Gasteiger partial charge in [-0.25, -0.2) is 4.79 Å². The molecule has 0 saturated heterocycles. The Kier molecular flexibility index (Phi) is 6.88. The van der Waals surface area contributed by atoms with E-state index in [2.05, 4.69) is 0 Å². The average molecular weight is 294 g/mol. The summed E-state index contributed by atoms with van der Waals surface area (Å²) in [7, 11) is 0. The van der Waals surface area contributed by atoms with Crippen LogP contribution in [0, 0.1) is 0 Å². The van der Waals surface area contributed by atoms with Gasteiger partial charge < -0.3 is 14.2 Å². The summed E-state index contributed by atoms with van der Waals surface area (Å²) in [6.45, 7) is 5.58. The highest BCUT2D eigenvalue weighted by molar-refractivity contribution is 5.71. The summed E-state index contributed by atoms with van der Waals surface area (Å²) in [4.78, 5) is 22.8. The summed E-state index contributed by atoms with van der Waals surface area (Å²) in [6, 6.07) is 9.39. The summed E-state index contributed by atoms with van der Waals surface area (Å²) in [5, 5.41) is 0. The molecule has 0 aromatic heterocycles. The highest BCUT2D eigenvalue weighted by Gasteiger charge is 2.16. The number of carbonyl (C=O) groups is 2. The topological polar surface area (TPSA) is 61.8 Å². The smallest absolute Gasteiger partial charge is 0.332 e. The lowest BCUT2D eigenvalue weighted by molar-refractivity contribution is -0.158. The average Bonchev–Trinajstić information content (AvgIpc) is 2.40. The number of carbonyl (C=O) groups excluding carboxylic acids is 2. The third-order valence-electron chi connectivity index (χ3n) is 2.33. The molecule has 0 saturated carbocycles. The SMILES string of the molecule is CC(C)(C)OC(=O)CCOCC(=O)OCc1ccccc1. The van der Waals surface area contributed by atoms with E-state index >= 15 is 0 Å². The molecule has 1 rings (SSSR count). The molecule has 0 N–H and O–H groups in total. The largest absolute Gasteiger partial charge is 0.460 e. The van der Waals surface area contributed by atoms with Crippen molar-refractivity contribution in [1.82, 2.24) is 0 Å². The minimum Gasteiger partial charge on any atom is -0.460 e. The molecular formula is C16H22O5. The number of rotatable bonds is 7. The highest BCUT2D eigenvalue weighted by atomic mass is 16.6. The van der Waals surface area contributed by atoms with Crippen LogP contribution < -0.4 is 0 Å². The Morgan fingerprint density at radius 3 is 2.33 bits per heavy atom. The van der Waals surface area contributed by atoms with Crippen LogP contribution in [-0.2, 0) is 30.4 Å². The lowest BCUT2D eigenvalue weighted by atomic mass is 10.2. The van der Waals surface area contributed by atoms with Gasteiger partial charge >= 0.3 is 11.9 Å². The molecule has 0 spiro atoms. The van der Waals surface area contributed by atoms with E-state index in [1.54, 1.807) is 20.8 Å². The Balaban J connectivity index is 2.10. The van der Waals surface area contributed by atoms with Gasteiger partial charge in [-0.3, -0.25) is 4.79 Å². The molecule has 0 aliphatic heterocycles. The van der Waals surface area contributed by atoms with Crippen LogP contribution >= 0.6 is 0 Å². The maximum absolute atomic E-state index is 11.4. The summed E-state index contributed by atoms with van der Waals surface area (Å²) in [6.07, 6.45) is 0.114. The van der Waals surface area contributed by atoms with Gasteiger partial charge in [-0.1, -0.05) is 30.3 Å². The Labute approximate surface area is 125 Å². The van der Waals surface area contributed by atoms with Gasteiger partial charge in [-0.2, -0.15) is 0 Å². The second-order valence-corrected chi connectivity index (χ2v) is 5.54. The standard InChI is InChI=1S/C16H22O5/c1-16(2,3)21-14(17)9-10-19-12-15(18)20-11-13-7-5-4-6-8-13/h4-8H,9-12H2,1-3H3. The number of hydrogen-bond acceptors (Lipinski definition) is 5. The molecular weight excluding hydrogens is 272 g/mol. The van der Waals surface area contributed by atoms with Crippen molar-refractivity contribution in [3.63, 3.8) is 0 Å². The van der Waals surface area contributed by atoms with Crippen molar-refractivity contribution >= 4 is 11.9 Å². The predicted octanol–water partition coefficient (Wildman–Crippen LogP) is 2.48. The summed E-state index contributed by atoms with van der Waals surface area (Å²) in [5.74, 6) is -0.803. The van der Waals surface area contributed by atoms with E-state index in [4.69, 9.17) is 14.2 Å². The van der Waals surface area contributed by atoms with E-state index in [0.717, 1.165) is 5.56 Å². The lowest BCUT2D eigenvalue weighted by Gasteiger charge is -2.19. The Morgan fingerprint density at radius 2 is 1.71 bits per heavy atom. The van der Waals surface area contributed by atoms with E-state index in [1.165, 1.54) is 0 Å². The molecule has 1 aromatic rings. The van der Waals surface area contributed by atoms with E-state index in [9.17, 15) is 9.59 Å². The molecule has 0 heterocycles. The van der Waals surface area contributed by atoms with Crippen molar-refractivity contribution in [1.29, 1.82) is 0 Å². The second-order valence-electron chi connectivity index (χ2n) is 5.54. The molecule has 116 valence electrons. The van der Waals surface area contributed by atoms with Gasteiger partial charge in [0.15, 0.2) is 0 Å². The normalized spacial score (nSPS) is 11.0. The first kappa shape index (κ1) is 17.2. The molecule has 0 fully saturated rings. The zero-order valence-corrected chi connectivity index (χ0v) is 12.8. The van der Waals surface area contributed by atoms with Gasteiger partial charge in [-0.05, 0) is 26.3 Å². The zero-order valence-electron chi connectivity index (χ0n) is 12.8. The van der Waals surface area contributed by atoms with Crippen molar-refractivity contribution < 1.29 is 23.8 Å². The summed E-state index contributed by atoms with van der Waals surface area (Å²) in [5.41, 5.74) is 0.408. The molecule has 0 bridgehead atoms. The van der Waals surface area contributed by atoms with Crippen LogP contribution in [0.1, 0.15) is 32.8 Å². The van der Waals surface area contributed by atoms with Gasteiger partial charge in [-0.15, -0.1) is 0 Å². The Hall–Kier alpha value is -1.88. The predicted molar refractivity (Wildman–Crippen MR) is 77.5 cm³/mol. The maximum Gasteiger partial charge on any atom is 0.332 e. The van der Waals surface area contributed by atoms with Crippen LogP contribution in [0.2, 0.25) is 0 Å². The molecule has 1 aromatic carbocycles. The van der Waals surface area contributed by atoms with Crippen LogP contribution in [0.4, 0.5) is 0 Å². The molecule has 0 amide bonds. The first-order chi connectivity index (χ1) is 9.87. The maximum atomic E-state index is 11.4. The second kappa shape index (κ2) is 8.42. The van der Waals surface area contributed by atoms with Crippen molar-refractivity contribution in [2.24, 2.45) is 0 Å². The van der Waals surface area contributed by atoms with Gasteiger partial charge in [0.2, 0.25) is 0 Å². The van der Waals surface area contributed by atoms with Crippen LogP contribution in [0.15, 0.2) is 30.3 Å². The van der Waals surface area contributed by atoms with Crippen LogP contribution in [0.3, 0.4) is 0 Å². The lowest BCUT2D eigenvalue weighted by Crippen LogP contribution is -2.24. The van der Waals surface area contributed by atoms with Crippen LogP contribution in [-0.4, -0.2) is 30.8 Å². The van der Waals surface area contributed by atoms with Crippen molar-refractivity contribution in [2.75, 3.05) is 13.2 Å². The summed E-state index contributed by atoms with van der Waals surface area (Å²) >= 11 is 0. The fraction of sp³-hybridized carbons (Fsp3) is 0.500. The molecule has 5 nitrogen and oxygen atoms in total. The van der Waals surface area contributed by atoms with E-state index in [1.807, 2.05) is 30.3 Å². The van der Waals surface area contributed by atoms with Crippen molar-refractivity contribution in [3.05, 3.63) is 35.9 Å². The monoisotopic (exact) mass is 294 g/mol. The third-order valence-corrected chi connectivity index (χ3v) is 2.33.